The molecular formula is C5H7NO4. The van der Waals surface area contributed by atoms with Crippen LogP contribution in [0.3, 0.4) is 0 Å². The van der Waals surface area contributed by atoms with Crippen LogP contribution < -0.4 is 0 Å². The van der Waals surface area contributed by atoms with E-state index >= 15 is 0 Å². The lowest BCUT2D eigenvalue weighted by Gasteiger charge is -1.88. The van der Waals surface area contributed by atoms with Crippen molar-refractivity contribution in [2.75, 3.05) is 0 Å². The van der Waals surface area contributed by atoms with Crippen LogP contribution in [-0.2, 0) is 9.59 Å². The van der Waals surface area contributed by atoms with Crippen molar-refractivity contribution in [1.82, 2.24) is 0 Å². The zero-order valence-corrected chi connectivity index (χ0v) is 5.24. The Morgan fingerprint density at radius 1 is 1.30 bits per heavy atom. The zero-order chi connectivity index (χ0) is 7.98. The summed E-state index contributed by atoms with van der Waals surface area (Å²) >= 11 is 0. The normalized spacial score (nSPS) is 8.80. The number of aliphatic carboxylic acids is 1. The van der Waals surface area contributed by atoms with E-state index in [0.29, 0.717) is 0 Å². The average Bonchev–Trinajstić information content (AvgIpc) is 1.87. The van der Waals surface area contributed by atoms with Crippen LogP contribution in [0.25, 0.3) is 0 Å². The van der Waals surface area contributed by atoms with Crippen molar-refractivity contribution < 1.29 is 14.7 Å². The van der Waals surface area contributed by atoms with E-state index in [-0.39, 0.29) is 19.3 Å². The third kappa shape index (κ3) is 4.89. The number of hydrogen-bond acceptors (Lipinski definition) is 3. The highest BCUT2D eigenvalue weighted by Gasteiger charge is 2.02. The molecule has 0 radical (unpaired) electrons. The van der Waals surface area contributed by atoms with Crippen LogP contribution in [0, 0.1) is 4.91 Å². The number of nitrogens with zero attached hydrogens (tertiary/aromatic N) is 1. The molecule has 5 heteroatoms. The standard InChI is InChI=1S/C5H7NO4/c7-4(6-10)2-1-3-5(8)9/h1-3H2,(H,8,9). The highest BCUT2D eigenvalue weighted by atomic mass is 16.4. The fraction of sp³-hybridized carbons (Fsp3) is 0.600. The fourth-order valence-electron chi connectivity index (χ4n) is 0.436. The molecule has 0 aliphatic rings. The van der Waals surface area contributed by atoms with Gasteiger partial charge in [-0.3, -0.25) is 9.59 Å². The molecule has 56 valence electrons. The van der Waals surface area contributed by atoms with Crippen LogP contribution in [0.4, 0.5) is 0 Å². The summed E-state index contributed by atoms with van der Waals surface area (Å²) in [4.78, 5) is 29.4. The first-order valence-electron chi connectivity index (χ1n) is 2.75. The van der Waals surface area contributed by atoms with Crippen molar-refractivity contribution in [3.05, 3.63) is 4.91 Å². The Morgan fingerprint density at radius 3 is 2.30 bits per heavy atom. The number of rotatable bonds is 4. The minimum atomic E-state index is -0.973. The topological polar surface area (TPSA) is 83.8 Å². The van der Waals surface area contributed by atoms with Gasteiger partial charge in [0.15, 0.2) is 0 Å². The van der Waals surface area contributed by atoms with Crippen LogP contribution in [0.15, 0.2) is 5.18 Å². The molecule has 0 bridgehead atoms. The summed E-state index contributed by atoms with van der Waals surface area (Å²) in [5.41, 5.74) is 0. The van der Waals surface area contributed by atoms with E-state index in [1.165, 1.54) is 0 Å². The SMILES string of the molecule is O=NC(=O)CCCC(=O)O. The molecule has 1 amide bonds. The van der Waals surface area contributed by atoms with Crippen LogP contribution in [0.2, 0.25) is 0 Å². The van der Waals surface area contributed by atoms with Crippen LogP contribution in [0.5, 0.6) is 0 Å². The Hall–Kier alpha value is -1.26. The predicted molar refractivity (Wildman–Crippen MR) is 32.3 cm³/mol. The van der Waals surface area contributed by atoms with E-state index < -0.39 is 11.9 Å². The second-order valence-corrected chi connectivity index (χ2v) is 1.73. The van der Waals surface area contributed by atoms with Crippen LogP contribution in [-0.4, -0.2) is 17.0 Å². The molecule has 0 aromatic rings. The molecule has 0 aliphatic carbocycles. The summed E-state index contributed by atoms with van der Waals surface area (Å²) in [6.07, 6.45) is 0.0109. The van der Waals surface area contributed by atoms with Gasteiger partial charge in [-0.1, -0.05) is 0 Å². The van der Waals surface area contributed by atoms with Gasteiger partial charge in [-0.15, -0.1) is 4.91 Å². The van der Waals surface area contributed by atoms with Crippen molar-refractivity contribution in [3.8, 4) is 0 Å². The third-order valence-electron chi connectivity index (χ3n) is 0.883. The summed E-state index contributed by atoms with van der Waals surface area (Å²) < 4.78 is 0. The number of hydrogen-bond donors (Lipinski definition) is 1. The second-order valence-electron chi connectivity index (χ2n) is 1.73. The largest absolute Gasteiger partial charge is 0.481 e. The number of carbonyl (C=O) groups is 2. The van der Waals surface area contributed by atoms with Gasteiger partial charge in [-0.2, -0.15) is 0 Å². The first-order valence-corrected chi connectivity index (χ1v) is 2.75. The second kappa shape index (κ2) is 4.60. The fourth-order valence-corrected chi connectivity index (χ4v) is 0.436. The zero-order valence-electron chi connectivity index (χ0n) is 5.24. The van der Waals surface area contributed by atoms with Gasteiger partial charge in [0.2, 0.25) is 0 Å². The molecule has 0 fully saturated rings. The molecule has 0 saturated carbocycles. The van der Waals surface area contributed by atoms with Gasteiger partial charge in [0, 0.05) is 18.0 Å². The Balaban J connectivity index is 3.28. The maximum atomic E-state index is 10.1. The van der Waals surface area contributed by atoms with Gasteiger partial charge in [0.05, 0.1) is 0 Å². The molecular weight excluding hydrogens is 138 g/mol. The van der Waals surface area contributed by atoms with E-state index in [9.17, 15) is 14.5 Å². The summed E-state index contributed by atoms with van der Waals surface area (Å²) in [7, 11) is 0. The van der Waals surface area contributed by atoms with E-state index in [4.69, 9.17) is 5.11 Å². The number of carbonyl (C=O) groups excluding carboxylic acids is 1. The monoisotopic (exact) mass is 145 g/mol. The van der Waals surface area contributed by atoms with Gasteiger partial charge in [-0.25, -0.2) is 0 Å². The number of carboxylic acids is 1. The molecule has 0 aromatic carbocycles. The summed E-state index contributed by atoms with van der Waals surface area (Å²) in [5.74, 6) is -1.76. The molecule has 5 nitrogen and oxygen atoms in total. The van der Waals surface area contributed by atoms with Crippen molar-refractivity contribution in [3.63, 3.8) is 0 Å². The van der Waals surface area contributed by atoms with Gasteiger partial charge >= 0.3 is 5.97 Å². The molecule has 1 N–H and O–H groups in total. The maximum Gasteiger partial charge on any atom is 0.303 e. The predicted octanol–water partition coefficient (Wildman–Crippen LogP) is 0.534. The van der Waals surface area contributed by atoms with Gasteiger partial charge in [0.25, 0.3) is 5.91 Å². The molecule has 0 aliphatic heterocycles. The van der Waals surface area contributed by atoms with E-state index in [0.717, 1.165) is 0 Å². The highest BCUT2D eigenvalue weighted by Crippen LogP contribution is 1.96. The van der Waals surface area contributed by atoms with Crippen molar-refractivity contribution in [2.24, 2.45) is 5.18 Å². The molecule has 0 heterocycles. The summed E-state index contributed by atoms with van der Waals surface area (Å²) in [6, 6.07) is 0. The van der Waals surface area contributed by atoms with Crippen LogP contribution >= 0.6 is 0 Å². The molecule has 0 atom stereocenters. The van der Waals surface area contributed by atoms with Gasteiger partial charge < -0.3 is 5.11 Å². The molecule has 0 saturated heterocycles. The Bertz CT molecular complexity index is 154. The number of carboxylic acid groups (broad SMARTS) is 1. The lowest BCUT2D eigenvalue weighted by molar-refractivity contribution is -0.137. The van der Waals surface area contributed by atoms with Crippen molar-refractivity contribution in [2.45, 2.75) is 19.3 Å². The minimum absolute atomic E-state index is 0.0736. The summed E-state index contributed by atoms with van der Waals surface area (Å²) in [6.45, 7) is 0. The van der Waals surface area contributed by atoms with Crippen LogP contribution in [0.1, 0.15) is 19.3 Å². The first-order chi connectivity index (χ1) is 4.66. The van der Waals surface area contributed by atoms with Crippen molar-refractivity contribution >= 4 is 11.9 Å². The molecule has 0 unspecified atom stereocenters. The first kappa shape index (κ1) is 8.74. The molecule has 0 aromatic heterocycles. The Kier molecular flexibility index (Phi) is 4.02. The molecule has 10 heavy (non-hydrogen) atoms. The van der Waals surface area contributed by atoms with E-state index in [1.54, 1.807) is 0 Å². The lowest BCUT2D eigenvalue weighted by Crippen LogP contribution is -1.97. The molecule has 0 rings (SSSR count). The summed E-state index contributed by atoms with van der Waals surface area (Å²) in [5, 5.41) is 10.2. The minimum Gasteiger partial charge on any atom is -0.481 e. The third-order valence-corrected chi connectivity index (χ3v) is 0.883. The number of amides is 1. The smallest absolute Gasteiger partial charge is 0.303 e. The van der Waals surface area contributed by atoms with Gasteiger partial charge in [0.1, 0.15) is 0 Å². The van der Waals surface area contributed by atoms with E-state index in [2.05, 4.69) is 5.18 Å². The van der Waals surface area contributed by atoms with Gasteiger partial charge in [-0.05, 0) is 6.42 Å². The Morgan fingerprint density at radius 2 is 1.90 bits per heavy atom. The molecule has 0 spiro atoms. The quantitative estimate of drug-likeness (QED) is 0.585. The highest BCUT2D eigenvalue weighted by molar-refractivity contribution is 5.77. The number of nitroso groups, excluding NO2 is 1. The average molecular weight is 145 g/mol. The van der Waals surface area contributed by atoms with E-state index in [1.807, 2.05) is 0 Å². The Labute approximate surface area is 57.0 Å². The maximum absolute atomic E-state index is 10.1. The van der Waals surface area contributed by atoms with Crippen molar-refractivity contribution in [1.29, 1.82) is 0 Å². The lowest BCUT2D eigenvalue weighted by atomic mass is 10.2.